The van der Waals surface area contributed by atoms with Crippen molar-refractivity contribution < 1.29 is 0 Å². The predicted octanol–water partition coefficient (Wildman–Crippen LogP) is 6.80. The average molecular weight is 327 g/mol. The van der Waals surface area contributed by atoms with E-state index in [4.69, 9.17) is 0 Å². The van der Waals surface area contributed by atoms with Gasteiger partial charge in [-0.25, -0.2) is 0 Å². The monoisotopic (exact) mass is 327 g/mol. The van der Waals surface area contributed by atoms with Crippen LogP contribution in [-0.4, -0.2) is 4.57 Å². The number of hydrogen-bond acceptors (Lipinski definition) is 0. The third kappa shape index (κ3) is 4.60. The lowest BCUT2D eigenvalue weighted by Gasteiger charge is -2.02. The molecule has 0 N–H and O–H groups in total. The van der Waals surface area contributed by atoms with E-state index >= 15 is 0 Å². The van der Waals surface area contributed by atoms with E-state index in [1.165, 1.54) is 34.9 Å². The molecule has 0 fully saturated rings. The van der Waals surface area contributed by atoms with Crippen LogP contribution in [0.3, 0.4) is 0 Å². The average Bonchev–Trinajstić information content (AvgIpc) is 3.11. The van der Waals surface area contributed by atoms with Crippen molar-refractivity contribution in [1.82, 2.24) is 4.57 Å². The zero-order valence-electron chi connectivity index (χ0n) is 14.8. The Morgan fingerprint density at radius 1 is 0.640 bits per heavy atom. The maximum absolute atomic E-state index is 2.33. The molecule has 25 heavy (non-hydrogen) atoms. The van der Waals surface area contributed by atoms with Gasteiger partial charge in [0.2, 0.25) is 0 Å². The number of para-hydroxylation sites is 1. The Morgan fingerprint density at radius 2 is 1.20 bits per heavy atom. The molecule has 0 bridgehead atoms. The molecular formula is C24H25N. The molecule has 0 aliphatic heterocycles. The van der Waals surface area contributed by atoms with Crippen LogP contribution in [0.1, 0.15) is 19.8 Å². The Hall–Kier alpha value is -2.80. The summed E-state index contributed by atoms with van der Waals surface area (Å²) in [5.74, 6) is 0. The number of nitrogens with zero attached hydrogens (tertiary/aromatic N) is 1. The molecular weight excluding hydrogens is 302 g/mol. The van der Waals surface area contributed by atoms with E-state index in [9.17, 15) is 0 Å². The molecule has 0 unspecified atom stereocenters. The smallest absolute Gasteiger partial charge is 0.0480 e. The van der Waals surface area contributed by atoms with E-state index in [2.05, 4.69) is 96.6 Å². The van der Waals surface area contributed by atoms with Gasteiger partial charge in [-0.05, 0) is 35.1 Å². The SMILES string of the molecule is CCCCn1ccc2ccccc21.c1ccc(-c2ccccc2)cc1. The summed E-state index contributed by atoms with van der Waals surface area (Å²) in [4.78, 5) is 0. The topological polar surface area (TPSA) is 4.93 Å². The van der Waals surface area contributed by atoms with Crippen LogP contribution in [0.5, 0.6) is 0 Å². The number of rotatable bonds is 4. The summed E-state index contributed by atoms with van der Waals surface area (Å²) in [7, 11) is 0. The third-order valence-electron chi connectivity index (χ3n) is 4.31. The summed E-state index contributed by atoms with van der Waals surface area (Å²) in [6, 6.07) is 31.5. The molecule has 4 aromatic rings. The van der Waals surface area contributed by atoms with Crippen molar-refractivity contribution in [1.29, 1.82) is 0 Å². The largest absolute Gasteiger partial charge is 0.347 e. The number of hydrogen-bond donors (Lipinski definition) is 0. The zero-order chi connectivity index (χ0) is 17.3. The van der Waals surface area contributed by atoms with Gasteiger partial charge in [0, 0.05) is 18.3 Å². The van der Waals surface area contributed by atoms with Crippen molar-refractivity contribution in [2.45, 2.75) is 26.3 Å². The van der Waals surface area contributed by atoms with Crippen molar-refractivity contribution >= 4 is 10.9 Å². The fourth-order valence-electron chi connectivity index (χ4n) is 2.93. The summed E-state index contributed by atoms with van der Waals surface area (Å²) in [5.41, 5.74) is 3.91. The minimum absolute atomic E-state index is 1.14. The molecule has 0 saturated heterocycles. The molecule has 3 aromatic carbocycles. The second kappa shape index (κ2) is 8.89. The highest BCUT2D eigenvalue weighted by Gasteiger charge is 1.97. The van der Waals surface area contributed by atoms with E-state index in [1.807, 2.05) is 12.1 Å². The third-order valence-corrected chi connectivity index (χ3v) is 4.31. The van der Waals surface area contributed by atoms with Gasteiger partial charge in [0.25, 0.3) is 0 Å². The highest BCUT2D eigenvalue weighted by atomic mass is 14.9. The maximum Gasteiger partial charge on any atom is 0.0480 e. The van der Waals surface area contributed by atoms with Crippen molar-refractivity contribution in [2.24, 2.45) is 0 Å². The van der Waals surface area contributed by atoms with Gasteiger partial charge in [0.1, 0.15) is 0 Å². The maximum atomic E-state index is 2.33. The Bertz CT molecular complexity index is 838. The minimum atomic E-state index is 1.14. The minimum Gasteiger partial charge on any atom is -0.347 e. The first-order valence-corrected chi connectivity index (χ1v) is 9.03. The Labute approximate surface area is 150 Å². The summed E-state index contributed by atoms with van der Waals surface area (Å²) >= 11 is 0. The first-order chi connectivity index (χ1) is 12.4. The highest BCUT2D eigenvalue weighted by Crippen LogP contribution is 2.17. The molecule has 0 saturated carbocycles. The first-order valence-electron chi connectivity index (χ1n) is 9.03. The van der Waals surface area contributed by atoms with Gasteiger partial charge in [-0.1, -0.05) is 92.2 Å². The van der Waals surface area contributed by atoms with Crippen molar-refractivity contribution in [3.05, 3.63) is 97.2 Å². The van der Waals surface area contributed by atoms with Crippen LogP contribution in [0.4, 0.5) is 0 Å². The van der Waals surface area contributed by atoms with E-state index in [0.29, 0.717) is 0 Å². The van der Waals surface area contributed by atoms with Crippen LogP contribution >= 0.6 is 0 Å². The van der Waals surface area contributed by atoms with Gasteiger partial charge in [-0.15, -0.1) is 0 Å². The first kappa shape index (κ1) is 17.0. The van der Waals surface area contributed by atoms with Gasteiger partial charge in [-0.2, -0.15) is 0 Å². The van der Waals surface area contributed by atoms with E-state index < -0.39 is 0 Å². The van der Waals surface area contributed by atoms with Crippen molar-refractivity contribution in [2.75, 3.05) is 0 Å². The number of aryl methyl sites for hydroxylation is 1. The molecule has 1 heteroatoms. The number of benzene rings is 3. The molecule has 126 valence electrons. The molecule has 0 aliphatic rings. The number of unbranched alkanes of at least 4 members (excludes halogenated alkanes) is 1. The van der Waals surface area contributed by atoms with Crippen molar-refractivity contribution in [3.8, 4) is 11.1 Å². The second-order valence-electron chi connectivity index (χ2n) is 6.15. The fraction of sp³-hybridized carbons (Fsp3) is 0.167. The Balaban J connectivity index is 0.000000146. The predicted molar refractivity (Wildman–Crippen MR) is 109 cm³/mol. The van der Waals surface area contributed by atoms with Gasteiger partial charge in [0.15, 0.2) is 0 Å². The lowest BCUT2D eigenvalue weighted by molar-refractivity contribution is 0.650. The van der Waals surface area contributed by atoms with Crippen molar-refractivity contribution in [3.63, 3.8) is 0 Å². The van der Waals surface area contributed by atoms with E-state index in [1.54, 1.807) is 0 Å². The molecule has 0 radical (unpaired) electrons. The highest BCUT2D eigenvalue weighted by molar-refractivity contribution is 5.79. The second-order valence-corrected chi connectivity index (χ2v) is 6.15. The van der Waals surface area contributed by atoms with E-state index in [-0.39, 0.29) is 0 Å². The molecule has 0 amide bonds. The van der Waals surface area contributed by atoms with Crippen LogP contribution in [0.25, 0.3) is 22.0 Å². The van der Waals surface area contributed by atoms with E-state index in [0.717, 1.165) is 6.54 Å². The van der Waals surface area contributed by atoms with Crippen LogP contribution < -0.4 is 0 Å². The van der Waals surface area contributed by atoms with Gasteiger partial charge in [-0.3, -0.25) is 0 Å². The Morgan fingerprint density at radius 3 is 1.80 bits per heavy atom. The van der Waals surface area contributed by atoms with Gasteiger partial charge < -0.3 is 4.57 Å². The number of fused-ring (bicyclic) bond motifs is 1. The quantitative estimate of drug-likeness (QED) is 0.388. The van der Waals surface area contributed by atoms with Crippen LogP contribution in [-0.2, 0) is 6.54 Å². The normalized spacial score (nSPS) is 10.3. The summed E-state index contributed by atoms with van der Waals surface area (Å²) < 4.78 is 2.33. The van der Waals surface area contributed by atoms with Gasteiger partial charge in [0.05, 0.1) is 0 Å². The lowest BCUT2D eigenvalue weighted by atomic mass is 10.1. The fourth-order valence-corrected chi connectivity index (χ4v) is 2.93. The summed E-state index contributed by atoms with van der Waals surface area (Å²) in [6.07, 6.45) is 4.70. The molecule has 0 atom stereocenters. The summed E-state index contributed by atoms with van der Waals surface area (Å²) in [6.45, 7) is 3.37. The molecule has 1 nitrogen and oxygen atoms in total. The van der Waals surface area contributed by atoms with Crippen LogP contribution in [0, 0.1) is 0 Å². The Kier molecular flexibility index (Phi) is 6.06. The number of aromatic nitrogens is 1. The molecule has 1 aromatic heterocycles. The lowest BCUT2D eigenvalue weighted by Crippen LogP contribution is -1.94. The summed E-state index contributed by atoms with van der Waals surface area (Å²) in [5, 5.41) is 1.35. The van der Waals surface area contributed by atoms with Crippen LogP contribution in [0.2, 0.25) is 0 Å². The molecule has 4 rings (SSSR count). The standard InChI is InChI=1S/C12H15N.C12H10/c1-2-3-9-13-10-8-11-6-4-5-7-12(11)13;1-3-7-11(8-4-1)12-9-5-2-6-10-12/h4-8,10H,2-3,9H2,1H3;1-10H. The zero-order valence-corrected chi connectivity index (χ0v) is 14.8. The molecule has 1 heterocycles. The van der Waals surface area contributed by atoms with Crippen LogP contribution in [0.15, 0.2) is 97.2 Å². The molecule has 0 spiro atoms. The molecule has 0 aliphatic carbocycles. The van der Waals surface area contributed by atoms with Gasteiger partial charge >= 0.3 is 0 Å².